The van der Waals surface area contributed by atoms with Crippen LogP contribution in [-0.2, 0) is 20.7 Å². The third-order valence-electron chi connectivity index (χ3n) is 6.93. The number of carbonyl (C=O) groups is 2. The number of esters is 1. The molecule has 1 atom stereocenters. The lowest BCUT2D eigenvalue weighted by molar-refractivity contribution is -0.152. The summed E-state index contributed by atoms with van der Waals surface area (Å²) in [6, 6.07) is 6.90. The van der Waals surface area contributed by atoms with Crippen LogP contribution in [0.2, 0.25) is 0 Å². The van der Waals surface area contributed by atoms with Crippen LogP contribution in [0.15, 0.2) is 24.3 Å². The molecule has 0 radical (unpaired) electrons. The van der Waals surface area contributed by atoms with Gasteiger partial charge in [-0.3, -0.25) is 4.79 Å². The van der Waals surface area contributed by atoms with Crippen molar-refractivity contribution in [2.24, 2.45) is 23.2 Å². The first-order chi connectivity index (χ1) is 13.0. The van der Waals surface area contributed by atoms with Crippen LogP contribution >= 0.6 is 0 Å². The smallest absolute Gasteiger partial charge is 0.328 e. The fraction of sp³-hybridized carbons (Fsp3) is 0.636. The third kappa shape index (κ3) is 3.44. The maximum absolute atomic E-state index is 13.3. The summed E-state index contributed by atoms with van der Waals surface area (Å²) in [6.07, 6.45) is 7.17. The standard InChI is InChI=1S/C22H29NO4/c1-26-19-6-4-3-5-17(19)10-18(20(24)27-2)23-21(25)22-11-14-7-15(12-22)9-16(8-14)13-22/h3-6,14-16,18H,7-13H2,1-2H3,(H,23,25)/t14?,15?,16?,18-,22?/m1/s1. The van der Waals surface area contributed by atoms with Gasteiger partial charge in [-0.15, -0.1) is 0 Å². The van der Waals surface area contributed by atoms with Crippen LogP contribution < -0.4 is 10.1 Å². The van der Waals surface area contributed by atoms with Crippen LogP contribution in [0.1, 0.15) is 44.1 Å². The minimum absolute atomic E-state index is 0.0481. The van der Waals surface area contributed by atoms with Crippen LogP contribution in [0.25, 0.3) is 0 Å². The average Bonchev–Trinajstić information content (AvgIpc) is 2.66. The molecule has 1 aromatic rings. The number of nitrogens with one attached hydrogen (secondary N) is 1. The quantitative estimate of drug-likeness (QED) is 0.781. The largest absolute Gasteiger partial charge is 0.496 e. The summed E-state index contributed by atoms with van der Waals surface area (Å²) in [4.78, 5) is 25.7. The minimum atomic E-state index is -0.688. The van der Waals surface area contributed by atoms with Crippen LogP contribution in [0, 0.1) is 23.2 Å². The van der Waals surface area contributed by atoms with Gasteiger partial charge in [0.15, 0.2) is 0 Å². The molecule has 5 nitrogen and oxygen atoms in total. The lowest BCUT2D eigenvalue weighted by Crippen LogP contribution is -2.56. The van der Waals surface area contributed by atoms with E-state index in [1.807, 2.05) is 24.3 Å². The van der Waals surface area contributed by atoms with Crippen molar-refractivity contribution in [3.63, 3.8) is 0 Å². The zero-order valence-corrected chi connectivity index (χ0v) is 16.2. The van der Waals surface area contributed by atoms with Gasteiger partial charge in [0.25, 0.3) is 0 Å². The maximum atomic E-state index is 13.3. The third-order valence-corrected chi connectivity index (χ3v) is 6.93. The van der Waals surface area contributed by atoms with E-state index in [9.17, 15) is 9.59 Å². The lowest BCUT2D eigenvalue weighted by Gasteiger charge is -2.55. The molecule has 0 unspecified atom stereocenters. The summed E-state index contributed by atoms with van der Waals surface area (Å²) >= 11 is 0. The Morgan fingerprint density at radius 1 is 1.07 bits per heavy atom. The van der Waals surface area contributed by atoms with Gasteiger partial charge in [0.2, 0.25) is 5.91 Å². The number of carbonyl (C=O) groups excluding carboxylic acids is 2. The molecule has 0 heterocycles. The van der Waals surface area contributed by atoms with E-state index in [1.165, 1.54) is 26.4 Å². The first kappa shape index (κ1) is 18.3. The van der Waals surface area contributed by atoms with Gasteiger partial charge in [0.05, 0.1) is 14.2 Å². The van der Waals surface area contributed by atoms with E-state index >= 15 is 0 Å². The predicted octanol–water partition coefficient (Wildman–Crippen LogP) is 3.11. The van der Waals surface area contributed by atoms with E-state index in [0.29, 0.717) is 24.2 Å². The summed E-state index contributed by atoms with van der Waals surface area (Å²) < 4.78 is 10.4. The van der Waals surface area contributed by atoms with E-state index in [-0.39, 0.29) is 11.3 Å². The zero-order valence-electron chi connectivity index (χ0n) is 16.2. The molecule has 0 aromatic heterocycles. The van der Waals surface area contributed by atoms with E-state index in [0.717, 1.165) is 30.6 Å². The van der Waals surface area contributed by atoms with Crippen molar-refractivity contribution in [3.05, 3.63) is 29.8 Å². The Balaban J connectivity index is 1.52. The van der Waals surface area contributed by atoms with Gasteiger partial charge >= 0.3 is 5.97 Å². The van der Waals surface area contributed by atoms with Crippen molar-refractivity contribution in [1.82, 2.24) is 5.32 Å². The molecule has 5 heteroatoms. The van der Waals surface area contributed by atoms with Gasteiger partial charge in [-0.25, -0.2) is 4.79 Å². The van der Waals surface area contributed by atoms with Gasteiger partial charge in [-0.2, -0.15) is 0 Å². The van der Waals surface area contributed by atoms with Crippen molar-refractivity contribution in [1.29, 1.82) is 0 Å². The number of para-hydroxylation sites is 1. The Morgan fingerprint density at radius 2 is 1.67 bits per heavy atom. The SMILES string of the molecule is COC(=O)[C@@H](Cc1ccccc1OC)NC(=O)C12CC3CC(CC(C3)C1)C2. The molecule has 1 amide bonds. The lowest BCUT2D eigenvalue weighted by atomic mass is 9.49. The van der Waals surface area contributed by atoms with E-state index in [4.69, 9.17) is 9.47 Å². The highest BCUT2D eigenvalue weighted by atomic mass is 16.5. The van der Waals surface area contributed by atoms with E-state index in [2.05, 4.69) is 5.32 Å². The molecule has 4 fully saturated rings. The van der Waals surface area contributed by atoms with Crippen LogP contribution in [0.4, 0.5) is 0 Å². The molecule has 1 N–H and O–H groups in total. The number of hydrogen-bond donors (Lipinski definition) is 1. The number of ether oxygens (including phenoxy) is 2. The molecule has 4 aliphatic carbocycles. The molecule has 4 bridgehead atoms. The van der Waals surface area contributed by atoms with Crippen LogP contribution in [0.5, 0.6) is 5.75 Å². The highest BCUT2D eigenvalue weighted by Gasteiger charge is 2.55. The molecule has 1 aromatic carbocycles. The molecule has 4 saturated carbocycles. The maximum Gasteiger partial charge on any atom is 0.328 e. The Morgan fingerprint density at radius 3 is 2.22 bits per heavy atom. The Labute approximate surface area is 160 Å². The van der Waals surface area contributed by atoms with Gasteiger partial charge in [-0.05, 0) is 67.9 Å². The zero-order chi connectivity index (χ0) is 19.0. The summed E-state index contributed by atoms with van der Waals surface area (Å²) in [5.74, 6) is 2.43. The fourth-order valence-corrected chi connectivity index (χ4v) is 6.13. The van der Waals surface area contributed by atoms with Crippen LogP contribution in [0.3, 0.4) is 0 Å². The Bertz CT molecular complexity index is 693. The molecule has 146 valence electrons. The summed E-state index contributed by atoms with van der Waals surface area (Å²) in [5, 5.41) is 3.06. The van der Waals surface area contributed by atoms with Crippen molar-refractivity contribution in [2.75, 3.05) is 14.2 Å². The van der Waals surface area contributed by atoms with Gasteiger partial charge < -0.3 is 14.8 Å². The second kappa shape index (κ2) is 7.17. The summed E-state index contributed by atoms with van der Waals surface area (Å²) in [7, 11) is 2.98. The topological polar surface area (TPSA) is 64.6 Å². The highest BCUT2D eigenvalue weighted by Crippen LogP contribution is 2.60. The monoisotopic (exact) mass is 371 g/mol. The number of methoxy groups -OCH3 is 2. The van der Waals surface area contributed by atoms with E-state index < -0.39 is 12.0 Å². The van der Waals surface area contributed by atoms with E-state index in [1.54, 1.807) is 7.11 Å². The minimum Gasteiger partial charge on any atom is -0.496 e. The summed E-state index contributed by atoms with van der Waals surface area (Å²) in [6.45, 7) is 0. The van der Waals surface area contributed by atoms with Crippen molar-refractivity contribution in [2.45, 2.75) is 51.0 Å². The first-order valence-electron chi connectivity index (χ1n) is 10.0. The molecule has 0 aliphatic heterocycles. The molecular weight excluding hydrogens is 342 g/mol. The van der Waals surface area contributed by atoms with Crippen LogP contribution in [-0.4, -0.2) is 32.1 Å². The Hall–Kier alpha value is -2.04. The summed E-state index contributed by atoms with van der Waals surface area (Å²) in [5.41, 5.74) is 0.614. The Kier molecular flexibility index (Phi) is 4.87. The highest BCUT2D eigenvalue weighted by molar-refractivity contribution is 5.88. The number of amides is 1. The average molecular weight is 371 g/mol. The first-order valence-corrected chi connectivity index (χ1v) is 10.0. The van der Waals surface area contributed by atoms with Gasteiger partial charge in [0.1, 0.15) is 11.8 Å². The van der Waals surface area contributed by atoms with Crippen molar-refractivity contribution in [3.8, 4) is 5.75 Å². The molecule has 27 heavy (non-hydrogen) atoms. The molecule has 0 spiro atoms. The number of benzene rings is 1. The normalized spacial score (nSPS) is 32.0. The second-order valence-electron chi connectivity index (χ2n) is 8.76. The predicted molar refractivity (Wildman–Crippen MR) is 101 cm³/mol. The van der Waals surface area contributed by atoms with Gasteiger partial charge in [0, 0.05) is 11.8 Å². The molecule has 5 rings (SSSR count). The second-order valence-corrected chi connectivity index (χ2v) is 8.76. The molecule has 0 saturated heterocycles. The number of hydrogen-bond acceptors (Lipinski definition) is 4. The molecular formula is C22H29NO4. The number of rotatable bonds is 6. The van der Waals surface area contributed by atoms with Crippen molar-refractivity contribution >= 4 is 11.9 Å². The van der Waals surface area contributed by atoms with Crippen molar-refractivity contribution < 1.29 is 19.1 Å². The van der Waals surface area contributed by atoms with Gasteiger partial charge in [-0.1, -0.05) is 18.2 Å². The fourth-order valence-electron chi connectivity index (χ4n) is 6.13. The molecule has 4 aliphatic rings.